The number of alkyl halides is 1. The highest BCUT2D eigenvalue weighted by Crippen LogP contribution is 2.47. The number of nitrogens with two attached hydrogens (primary N) is 1. The molecule has 4 saturated heterocycles. The molecule has 0 bridgehead atoms. The number of nitrogen functional groups attached to an aromatic ring is 1. The molecule has 5 aromatic rings. The minimum absolute atomic E-state index is 0.000623. The van der Waals surface area contributed by atoms with E-state index in [0.29, 0.717) is 43.8 Å². The van der Waals surface area contributed by atoms with Crippen LogP contribution in [-0.4, -0.2) is 97.6 Å². The number of fused-ring (bicyclic) bond motifs is 4. The lowest BCUT2D eigenvalue weighted by Crippen LogP contribution is -2.59. The molecule has 2 unspecified atom stereocenters. The van der Waals surface area contributed by atoms with Gasteiger partial charge < -0.3 is 20.3 Å². The van der Waals surface area contributed by atoms with Gasteiger partial charge in [-0.2, -0.15) is 25.0 Å². The van der Waals surface area contributed by atoms with Crippen molar-refractivity contribution in [3.63, 3.8) is 0 Å². The van der Waals surface area contributed by atoms with E-state index in [1.807, 2.05) is 11.0 Å². The molecular weight excluding hydrogens is 693 g/mol. The minimum Gasteiger partial charge on any atom is -0.461 e. The Hall–Kier alpha value is -4.72. The summed E-state index contributed by atoms with van der Waals surface area (Å²) in [6, 6.07) is 5.62. The summed E-state index contributed by atoms with van der Waals surface area (Å²) in [6.45, 7) is 2.67. The van der Waals surface area contributed by atoms with Crippen molar-refractivity contribution in [1.82, 2.24) is 34.5 Å². The number of halogens is 4. The zero-order valence-electron chi connectivity index (χ0n) is 26.3. The average molecular weight is 721 g/mol. The van der Waals surface area contributed by atoms with Crippen LogP contribution in [0, 0.1) is 28.9 Å². The predicted octanol–water partition coefficient (Wildman–Crippen LogP) is 5.23. The number of nitriles is 1. The number of carbonyl (C=O) groups excluding carboxylic acids is 1. The van der Waals surface area contributed by atoms with E-state index in [-0.39, 0.29) is 72.9 Å². The Labute approximate surface area is 291 Å². The Morgan fingerprint density at radius 2 is 2.08 bits per heavy atom. The second kappa shape index (κ2) is 11.4. The fourth-order valence-electron chi connectivity index (χ4n) is 8.34. The molecule has 0 aliphatic carbocycles. The third-order valence-electron chi connectivity index (χ3n) is 10.7. The number of thiophene rings is 1. The van der Waals surface area contributed by atoms with Crippen LogP contribution in [0.2, 0.25) is 5.02 Å². The maximum atomic E-state index is 17.1. The number of carbonyl (C=O) groups is 1. The third kappa shape index (κ3) is 4.63. The molecule has 2 N–H and O–H groups in total. The molecule has 4 atom stereocenters. The molecule has 7 heterocycles. The molecule has 4 aliphatic heterocycles. The second-order valence-electron chi connectivity index (χ2n) is 13.4. The second-order valence-corrected chi connectivity index (χ2v) is 14.9. The van der Waals surface area contributed by atoms with Crippen molar-refractivity contribution in [1.29, 1.82) is 5.26 Å². The Bertz CT molecular complexity index is 2260. The highest BCUT2D eigenvalue weighted by Gasteiger charge is 2.51. The normalized spacial score (nSPS) is 24.5. The molecule has 12 nitrogen and oxygen atoms in total. The number of rotatable bonds is 5. The fourth-order valence-corrected chi connectivity index (χ4v) is 9.58. The summed E-state index contributed by atoms with van der Waals surface area (Å²) in [6.07, 6.45) is 3.70. The molecule has 256 valence electrons. The number of benzene rings is 2. The van der Waals surface area contributed by atoms with Gasteiger partial charge in [0.2, 0.25) is 0 Å². The molecular formula is C33H28ClF3N10O2S. The molecule has 4 fully saturated rings. The number of likely N-dealkylation sites (tertiary alicyclic amines) is 1. The maximum Gasteiger partial charge on any atom is 0.346 e. The predicted molar refractivity (Wildman–Crippen MR) is 180 cm³/mol. The van der Waals surface area contributed by atoms with Crippen LogP contribution in [0.15, 0.2) is 30.9 Å². The number of hydrogen-bond donors (Lipinski definition) is 1. The molecule has 3 aromatic heterocycles. The van der Waals surface area contributed by atoms with Crippen LogP contribution < -0.4 is 15.4 Å². The number of amides is 1. The largest absolute Gasteiger partial charge is 0.461 e. The zero-order chi connectivity index (χ0) is 34.5. The van der Waals surface area contributed by atoms with Crippen LogP contribution in [0.4, 0.5) is 28.8 Å². The van der Waals surface area contributed by atoms with Gasteiger partial charge in [0.05, 0.1) is 26.9 Å². The lowest BCUT2D eigenvalue weighted by atomic mass is 9.93. The van der Waals surface area contributed by atoms with Crippen molar-refractivity contribution in [2.24, 2.45) is 5.92 Å². The summed E-state index contributed by atoms with van der Waals surface area (Å²) in [4.78, 5) is 32.1. The van der Waals surface area contributed by atoms with Gasteiger partial charge in [-0.3, -0.25) is 4.90 Å². The summed E-state index contributed by atoms with van der Waals surface area (Å²) in [5, 5.41) is 14.4. The van der Waals surface area contributed by atoms with Crippen molar-refractivity contribution in [3.05, 3.63) is 53.1 Å². The lowest BCUT2D eigenvalue weighted by molar-refractivity contribution is 0.0822. The van der Waals surface area contributed by atoms with Crippen LogP contribution >= 0.6 is 22.9 Å². The van der Waals surface area contributed by atoms with E-state index >= 15 is 4.39 Å². The number of nitrogens with zero attached hydrogens (tertiary/aromatic N) is 9. The average Bonchev–Trinajstić information content (AvgIpc) is 3.91. The van der Waals surface area contributed by atoms with E-state index in [1.165, 1.54) is 29.5 Å². The Morgan fingerprint density at radius 3 is 2.88 bits per heavy atom. The molecule has 9 rings (SSSR count). The van der Waals surface area contributed by atoms with Gasteiger partial charge in [-0.1, -0.05) is 17.7 Å². The Kier molecular flexibility index (Phi) is 7.13. The first-order chi connectivity index (χ1) is 24.2. The van der Waals surface area contributed by atoms with E-state index in [9.17, 15) is 18.8 Å². The zero-order valence-corrected chi connectivity index (χ0v) is 27.9. The van der Waals surface area contributed by atoms with E-state index < -0.39 is 23.3 Å². The van der Waals surface area contributed by atoms with E-state index in [0.717, 1.165) is 30.7 Å². The molecule has 17 heteroatoms. The van der Waals surface area contributed by atoms with E-state index in [1.54, 1.807) is 11.0 Å². The van der Waals surface area contributed by atoms with Gasteiger partial charge >= 0.3 is 12.0 Å². The topological polar surface area (TPSA) is 142 Å². The van der Waals surface area contributed by atoms with Crippen LogP contribution in [0.5, 0.6) is 6.01 Å². The first kappa shape index (κ1) is 31.3. The van der Waals surface area contributed by atoms with Crippen LogP contribution in [0.1, 0.15) is 24.8 Å². The molecule has 1 amide bonds. The summed E-state index contributed by atoms with van der Waals surface area (Å²) in [7, 11) is 0. The highest BCUT2D eigenvalue weighted by atomic mass is 35.5. The van der Waals surface area contributed by atoms with Crippen molar-refractivity contribution >= 4 is 60.8 Å². The third-order valence-corrected chi connectivity index (χ3v) is 12.0. The number of anilines is 2. The minimum atomic E-state index is -0.964. The van der Waals surface area contributed by atoms with Gasteiger partial charge in [0.15, 0.2) is 5.82 Å². The summed E-state index contributed by atoms with van der Waals surface area (Å²) >= 11 is 7.76. The first-order valence-corrected chi connectivity index (χ1v) is 17.4. The molecule has 0 saturated carbocycles. The maximum absolute atomic E-state index is 17.1. The molecule has 0 radical (unpaired) electrons. The van der Waals surface area contributed by atoms with Gasteiger partial charge in [-0.05, 0) is 37.1 Å². The quantitative estimate of drug-likeness (QED) is 0.257. The Balaban J connectivity index is 1.15. The van der Waals surface area contributed by atoms with Crippen molar-refractivity contribution < 1.29 is 22.7 Å². The molecule has 4 aliphatic rings. The van der Waals surface area contributed by atoms with Crippen molar-refractivity contribution in [3.8, 4) is 23.2 Å². The van der Waals surface area contributed by atoms with Crippen molar-refractivity contribution in [2.45, 2.75) is 37.0 Å². The van der Waals surface area contributed by atoms with E-state index in [2.05, 4.69) is 20.0 Å². The van der Waals surface area contributed by atoms with Gasteiger partial charge in [0, 0.05) is 54.9 Å². The van der Waals surface area contributed by atoms with Crippen LogP contribution in [-0.2, 0) is 0 Å². The van der Waals surface area contributed by atoms with Gasteiger partial charge in [-0.15, -0.1) is 11.3 Å². The smallest absolute Gasteiger partial charge is 0.346 e. The first-order valence-electron chi connectivity index (χ1n) is 16.2. The standard InChI is InChI=1S/C33H28ClF3N10O2S/c34-21-6-19-27(26(37)25(21)18-2-3-22(36)28-24(18)20(8-38)29(39)50-28)42-31(49-13-33-4-1-5-45(33)11-17(35)7-33)43-30(19)44-9-16-10-46(23(16)12-44)32(48)47-15-40-14-41-47/h2-3,6,14-17,23H,1,4-5,7,9-13,39H2/t16?,17-,23?,33+/m1/s1. The Morgan fingerprint density at radius 1 is 1.22 bits per heavy atom. The van der Waals surface area contributed by atoms with Gasteiger partial charge in [0.25, 0.3) is 0 Å². The fraction of sp³-hybridized carbons (Fsp3) is 0.394. The highest BCUT2D eigenvalue weighted by molar-refractivity contribution is 7.23. The summed E-state index contributed by atoms with van der Waals surface area (Å²) < 4.78 is 54.1. The monoisotopic (exact) mass is 720 g/mol. The molecule has 0 spiro atoms. The van der Waals surface area contributed by atoms with E-state index in [4.69, 9.17) is 27.1 Å². The molecule has 50 heavy (non-hydrogen) atoms. The number of aromatic nitrogens is 5. The van der Waals surface area contributed by atoms with Crippen LogP contribution in [0.25, 0.3) is 32.1 Å². The number of ether oxygens (including phenoxy) is 1. The van der Waals surface area contributed by atoms with Gasteiger partial charge in [-0.25, -0.2) is 22.9 Å². The van der Waals surface area contributed by atoms with Gasteiger partial charge in [0.1, 0.15) is 53.7 Å². The SMILES string of the molecule is N#Cc1c(N)sc2c(F)ccc(-c3c(Cl)cc4c(N5CC6CN(C(=O)n7cncn7)C6C5)nc(OC[C@@]56CCCN5C[C@H](F)C6)nc4c3F)c12. The summed E-state index contributed by atoms with van der Waals surface area (Å²) in [5.41, 5.74) is 5.64. The summed E-state index contributed by atoms with van der Waals surface area (Å²) in [5.74, 6) is -0.902. The van der Waals surface area contributed by atoms with Crippen LogP contribution in [0.3, 0.4) is 0 Å². The number of hydrogen-bond acceptors (Lipinski definition) is 11. The lowest BCUT2D eigenvalue weighted by Gasteiger charge is -2.42. The van der Waals surface area contributed by atoms with Crippen molar-refractivity contribution in [2.75, 3.05) is 50.0 Å². The molecule has 2 aromatic carbocycles.